The van der Waals surface area contributed by atoms with Gasteiger partial charge in [-0.05, 0) is 13.3 Å². The van der Waals surface area contributed by atoms with E-state index in [2.05, 4.69) is 32.6 Å². The Bertz CT molecular complexity index is 551. The third-order valence-corrected chi connectivity index (χ3v) is 3.07. The first-order valence-corrected chi connectivity index (χ1v) is 6.93. The Hall–Kier alpha value is -1.83. The van der Waals surface area contributed by atoms with E-state index in [1.165, 1.54) is 11.8 Å². The maximum Gasteiger partial charge on any atom is 0.237 e. The average Bonchev–Trinajstić information content (AvgIpc) is 2.97. The Morgan fingerprint density at radius 2 is 2.42 bits per heavy atom. The number of rotatable bonds is 6. The number of aryl methyl sites for hydroxylation is 2. The highest BCUT2D eigenvalue weighted by Crippen LogP contribution is 2.14. The highest BCUT2D eigenvalue weighted by molar-refractivity contribution is 7.99. The molecule has 2 rings (SSSR count). The second-order valence-corrected chi connectivity index (χ2v) is 4.93. The molecular weight excluding hydrogens is 266 g/mol. The second-order valence-electron chi connectivity index (χ2n) is 3.98. The van der Waals surface area contributed by atoms with Crippen molar-refractivity contribution in [2.45, 2.75) is 31.8 Å². The predicted octanol–water partition coefficient (Wildman–Crippen LogP) is 1.78. The standard InChI is InChI=1S/C11H15N5O2S/c1-3-4-8-12-11(15-14-8)19-6-9(17)13-10-5-7(2)16-18-10/h5H,3-4,6H2,1-2H3,(H,13,17)(H,12,14,15). The molecule has 0 saturated carbocycles. The average molecular weight is 281 g/mol. The van der Waals surface area contributed by atoms with E-state index in [0.717, 1.165) is 24.4 Å². The zero-order valence-corrected chi connectivity index (χ0v) is 11.6. The van der Waals surface area contributed by atoms with Crippen molar-refractivity contribution in [1.82, 2.24) is 20.3 Å². The summed E-state index contributed by atoms with van der Waals surface area (Å²) in [5.41, 5.74) is 0.723. The quantitative estimate of drug-likeness (QED) is 0.783. The van der Waals surface area contributed by atoms with Gasteiger partial charge in [-0.3, -0.25) is 15.2 Å². The zero-order valence-electron chi connectivity index (χ0n) is 10.8. The van der Waals surface area contributed by atoms with Crippen LogP contribution in [0.2, 0.25) is 0 Å². The number of anilines is 1. The minimum atomic E-state index is -0.178. The first kappa shape index (κ1) is 13.6. The molecule has 0 bridgehead atoms. The molecule has 7 nitrogen and oxygen atoms in total. The van der Waals surface area contributed by atoms with Crippen molar-refractivity contribution < 1.29 is 9.32 Å². The summed E-state index contributed by atoms with van der Waals surface area (Å²) in [7, 11) is 0. The predicted molar refractivity (Wildman–Crippen MR) is 71.0 cm³/mol. The number of hydrogen-bond donors (Lipinski definition) is 2. The summed E-state index contributed by atoms with van der Waals surface area (Å²) in [5.74, 6) is 1.24. The molecule has 2 N–H and O–H groups in total. The molecule has 0 aliphatic carbocycles. The lowest BCUT2D eigenvalue weighted by Crippen LogP contribution is -2.13. The van der Waals surface area contributed by atoms with E-state index in [1.54, 1.807) is 13.0 Å². The van der Waals surface area contributed by atoms with Crippen molar-refractivity contribution in [3.8, 4) is 0 Å². The van der Waals surface area contributed by atoms with Crippen LogP contribution in [0.3, 0.4) is 0 Å². The van der Waals surface area contributed by atoms with Gasteiger partial charge in [0.2, 0.25) is 16.9 Å². The number of hydrogen-bond acceptors (Lipinski definition) is 6. The van der Waals surface area contributed by atoms with E-state index in [9.17, 15) is 4.79 Å². The molecule has 2 aromatic heterocycles. The Labute approximate surface area is 114 Å². The zero-order chi connectivity index (χ0) is 13.7. The molecule has 2 aromatic rings. The van der Waals surface area contributed by atoms with Gasteiger partial charge in [0.1, 0.15) is 5.82 Å². The molecular formula is C11H15N5O2S. The molecule has 0 radical (unpaired) electrons. The molecule has 2 heterocycles. The van der Waals surface area contributed by atoms with Gasteiger partial charge in [-0.2, -0.15) is 0 Å². The van der Waals surface area contributed by atoms with Gasteiger partial charge >= 0.3 is 0 Å². The van der Waals surface area contributed by atoms with Crippen LogP contribution in [0.4, 0.5) is 5.88 Å². The molecule has 0 spiro atoms. The monoisotopic (exact) mass is 281 g/mol. The fourth-order valence-electron chi connectivity index (χ4n) is 1.42. The van der Waals surface area contributed by atoms with E-state index in [-0.39, 0.29) is 11.7 Å². The Kier molecular flexibility index (Phi) is 4.56. The van der Waals surface area contributed by atoms with Crippen LogP contribution in [0.25, 0.3) is 0 Å². The lowest BCUT2D eigenvalue weighted by molar-refractivity contribution is -0.113. The molecule has 0 aliphatic heterocycles. The largest absolute Gasteiger partial charge is 0.338 e. The Morgan fingerprint density at radius 3 is 3.11 bits per heavy atom. The maximum atomic E-state index is 11.6. The van der Waals surface area contributed by atoms with Crippen molar-refractivity contribution in [1.29, 1.82) is 0 Å². The van der Waals surface area contributed by atoms with E-state index < -0.39 is 0 Å². The van der Waals surface area contributed by atoms with Gasteiger partial charge in [-0.25, -0.2) is 4.98 Å². The van der Waals surface area contributed by atoms with Crippen molar-refractivity contribution in [2.75, 3.05) is 11.1 Å². The smallest absolute Gasteiger partial charge is 0.237 e. The topological polar surface area (TPSA) is 96.7 Å². The van der Waals surface area contributed by atoms with Crippen LogP contribution in [-0.4, -0.2) is 32.0 Å². The number of nitrogens with one attached hydrogen (secondary N) is 2. The van der Waals surface area contributed by atoms with Crippen molar-refractivity contribution in [3.63, 3.8) is 0 Å². The summed E-state index contributed by atoms with van der Waals surface area (Å²) >= 11 is 1.27. The lowest BCUT2D eigenvalue weighted by atomic mass is 10.3. The van der Waals surface area contributed by atoms with Gasteiger partial charge in [0, 0.05) is 12.5 Å². The minimum absolute atomic E-state index is 0.178. The van der Waals surface area contributed by atoms with Crippen LogP contribution >= 0.6 is 11.8 Å². The summed E-state index contributed by atoms with van der Waals surface area (Å²) in [6.45, 7) is 3.86. The summed E-state index contributed by atoms with van der Waals surface area (Å²) in [6, 6.07) is 1.66. The van der Waals surface area contributed by atoms with E-state index in [1.807, 2.05) is 0 Å². The number of aromatic nitrogens is 4. The number of H-pyrrole nitrogens is 1. The Morgan fingerprint density at radius 1 is 1.58 bits per heavy atom. The van der Waals surface area contributed by atoms with Gasteiger partial charge in [0.05, 0.1) is 11.4 Å². The molecule has 1 amide bonds. The van der Waals surface area contributed by atoms with E-state index in [0.29, 0.717) is 11.0 Å². The van der Waals surface area contributed by atoms with Crippen LogP contribution in [0, 0.1) is 6.92 Å². The van der Waals surface area contributed by atoms with Gasteiger partial charge in [-0.15, -0.1) is 5.10 Å². The molecule has 0 saturated heterocycles. The summed E-state index contributed by atoms with van der Waals surface area (Å²) < 4.78 is 4.89. The SMILES string of the molecule is CCCc1nc(SCC(=O)Nc2cc(C)no2)n[nH]1. The third kappa shape index (κ3) is 4.09. The van der Waals surface area contributed by atoms with Crippen LogP contribution < -0.4 is 5.32 Å². The number of nitrogens with zero attached hydrogens (tertiary/aromatic N) is 3. The van der Waals surface area contributed by atoms with E-state index in [4.69, 9.17) is 4.52 Å². The summed E-state index contributed by atoms with van der Waals surface area (Å²) in [5, 5.41) is 13.7. The second kappa shape index (κ2) is 6.37. The van der Waals surface area contributed by atoms with Crippen LogP contribution in [0.15, 0.2) is 15.7 Å². The number of carbonyl (C=O) groups is 1. The van der Waals surface area contributed by atoms with E-state index >= 15 is 0 Å². The number of aromatic amines is 1. The van der Waals surface area contributed by atoms with Crippen molar-refractivity contribution in [3.05, 3.63) is 17.6 Å². The molecule has 0 aliphatic rings. The first-order chi connectivity index (χ1) is 9.17. The fourth-order valence-corrected chi connectivity index (χ4v) is 2.03. The summed E-state index contributed by atoms with van der Waals surface area (Å²) in [6.07, 6.45) is 1.86. The van der Waals surface area contributed by atoms with Gasteiger partial charge in [0.15, 0.2) is 0 Å². The molecule has 0 aromatic carbocycles. The lowest BCUT2D eigenvalue weighted by Gasteiger charge is -1.98. The number of carbonyl (C=O) groups excluding carboxylic acids is 1. The van der Waals surface area contributed by atoms with Gasteiger partial charge in [0.25, 0.3) is 0 Å². The van der Waals surface area contributed by atoms with Gasteiger partial charge < -0.3 is 4.52 Å². The van der Waals surface area contributed by atoms with Crippen LogP contribution in [0.1, 0.15) is 24.9 Å². The van der Waals surface area contributed by atoms with Crippen LogP contribution in [0.5, 0.6) is 0 Å². The molecule has 8 heteroatoms. The first-order valence-electron chi connectivity index (χ1n) is 5.94. The minimum Gasteiger partial charge on any atom is -0.338 e. The third-order valence-electron chi connectivity index (χ3n) is 2.22. The molecule has 0 fully saturated rings. The van der Waals surface area contributed by atoms with Crippen LogP contribution in [-0.2, 0) is 11.2 Å². The normalized spacial score (nSPS) is 10.6. The molecule has 0 unspecified atom stereocenters. The van der Waals surface area contributed by atoms with Crippen molar-refractivity contribution in [2.24, 2.45) is 0 Å². The maximum absolute atomic E-state index is 11.6. The molecule has 102 valence electrons. The summed E-state index contributed by atoms with van der Waals surface area (Å²) in [4.78, 5) is 15.9. The van der Waals surface area contributed by atoms with Crippen molar-refractivity contribution >= 4 is 23.6 Å². The fraction of sp³-hybridized carbons (Fsp3) is 0.455. The Balaban J connectivity index is 1.79. The molecule has 0 atom stereocenters. The highest BCUT2D eigenvalue weighted by atomic mass is 32.2. The number of amides is 1. The number of thioether (sulfide) groups is 1. The van der Waals surface area contributed by atoms with Gasteiger partial charge in [-0.1, -0.05) is 23.8 Å². The highest BCUT2D eigenvalue weighted by Gasteiger charge is 2.09. The molecule has 19 heavy (non-hydrogen) atoms.